The Morgan fingerprint density at radius 1 is 1.06 bits per heavy atom. The van der Waals surface area contributed by atoms with Crippen LogP contribution in [0.2, 0.25) is 0 Å². The number of nitrogens with zero attached hydrogens (tertiary/aromatic N) is 1. The number of carbonyl (C=O) groups excluding carboxylic acids is 2. The van der Waals surface area contributed by atoms with Gasteiger partial charge in [-0.3, -0.25) is 0 Å². The van der Waals surface area contributed by atoms with E-state index in [2.05, 4.69) is 35.9 Å². The number of methoxy groups -OCH3 is 1. The Bertz CT molecular complexity index is 1060. The molecule has 0 unspecified atom stereocenters. The number of esters is 1. The zero-order valence-electron chi connectivity index (χ0n) is 19.3. The first-order chi connectivity index (χ1) is 15.5. The smallest absolute Gasteiger partial charge is 0.408 e. The summed E-state index contributed by atoms with van der Waals surface area (Å²) < 4.78 is 12.7. The van der Waals surface area contributed by atoms with E-state index >= 15 is 0 Å². The predicted octanol–water partition coefficient (Wildman–Crippen LogP) is 5.32. The van der Waals surface area contributed by atoms with Gasteiger partial charge in [0.2, 0.25) is 0 Å². The fourth-order valence-corrected chi connectivity index (χ4v) is 4.21. The molecule has 0 bridgehead atoms. The molecule has 3 aromatic rings. The highest BCUT2D eigenvalue weighted by atomic mass is 16.6. The van der Waals surface area contributed by atoms with Gasteiger partial charge in [-0.05, 0) is 30.5 Å². The molecule has 0 aliphatic heterocycles. The molecule has 1 amide bonds. The van der Waals surface area contributed by atoms with Crippen molar-refractivity contribution in [3.05, 3.63) is 71.4 Å². The molecule has 6 nitrogen and oxygen atoms in total. The number of amides is 1. The summed E-state index contributed by atoms with van der Waals surface area (Å²) in [7, 11) is 1.33. The number of carbonyl (C=O) groups is 2. The van der Waals surface area contributed by atoms with Crippen molar-refractivity contribution in [2.45, 2.75) is 58.7 Å². The fraction of sp³-hybridized carbons (Fsp3) is 0.385. The maximum absolute atomic E-state index is 12.7. The summed E-state index contributed by atoms with van der Waals surface area (Å²) in [5.74, 6) is -0.807. The number of alkyl carbamates (subject to hydrolysis) is 1. The summed E-state index contributed by atoms with van der Waals surface area (Å²) in [4.78, 5) is 25.2. The van der Waals surface area contributed by atoms with Crippen molar-refractivity contribution in [1.29, 1.82) is 0 Å². The normalized spacial score (nSPS) is 12.9. The van der Waals surface area contributed by atoms with Gasteiger partial charge >= 0.3 is 12.1 Å². The van der Waals surface area contributed by atoms with Crippen molar-refractivity contribution in [1.82, 2.24) is 9.88 Å². The van der Waals surface area contributed by atoms with Gasteiger partial charge in [0.1, 0.15) is 12.6 Å². The van der Waals surface area contributed by atoms with Crippen molar-refractivity contribution >= 4 is 23.0 Å². The minimum absolute atomic E-state index is 0.129. The molecule has 1 heterocycles. The minimum atomic E-state index is -0.868. The Morgan fingerprint density at radius 2 is 1.75 bits per heavy atom. The number of ether oxygens (including phenoxy) is 2. The van der Waals surface area contributed by atoms with Crippen LogP contribution in [-0.2, 0) is 27.4 Å². The van der Waals surface area contributed by atoms with Crippen molar-refractivity contribution in [2.24, 2.45) is 0 Å². The van der Waals surface area contributed by atoms with Crippen LogP contribution in [0.15, 0.2) is 54.6 Å². The van der Waals surface area contributed by atoms with Crippen molar-refractivity contribution in [2.75, 3.05) is 7.11 Å². The molecule has 0 saturated carbocycles. The van der Waals surface area contributed by atoms with Crippen LogP contribution in [0.3, 0.4) is 0 Å². The van der Waals surface area contributed by atoms with Crippen LogP contribution in [-0.4, -0.2) is 29.8 Å². The standard InChI is InChI=1S/C26H32N2O4/c1-5-6-16-28-19(3)23(21-14-10-11-15-22(21)28)18(2)24(25(29)31-4)27-26(30)32-17-20-12-8-7-9-13-20/h7-15,18,24H,5-6,16-17H2,1-4H3,(H,27,30)/t18-,24-/m1/s1. The SMILES string of the molecule is CCCCn1c(C)c([C@@H](C)[C@@H](NC(=O)OCc2ccccc2)C(=O)OC)c2ccccc21. The van der Waals surface area contributed by atoms with Gasteiger partial charge in [-0.1, -0.05) is 68.8 Å². The molecule has 32 heavy (non-hydrogen) atoms. The molecule has 0 spiro atoms. The van der Waals surface area contributed by atoms with E-state index in [0.29, 0.717) is 0 Å². The van der Waals surface area contributed by atoms with E-state index in [0.717, 1.165) is 47.1 Å². The van der Waals surface area contributed by atoms with E-state index < -0.39 is 18.1 Å². The van der Waals surface area contributed by atoms with Crippen molar-refractivity contribution in [3.8, 4) is 0 Å². The lowest BCUT2D eigenvalue weighted by Gasteiger charge is -2.23. The molecular formula is C26H32N2O4. The van der Waals surface area contributed by atoms with E-state index in [1.807, 2.05) is 49.4 Å². The molecular weight excluding hydrogens is 404 g/mol. The van der Waals surface area contributed by atoms with E-state index in [4.69, 9.17) is 9.47 Å². The van der Waals surface area contributed by atoms with Gasteiger partial charge in [-0.15, -0.1) is 0 Å². The molecule has 0 radical (unpaired) electrons. The predicted molar refractivity (Wildman–Crippen MR) is 126 cm³/mol. The maximum Gasteiger partial charge on any atom is 0.408 e. The molecule has 1 aromatic heterocycles. The lowest BCUT2D eigenvalue weighted by atomic mass is 9.91. The number of fused-ring (bicyclic) bond motifs is 1. The first kappa shape index (κ1) is 23.4. The number of hydrogen-bond donors (Lipinski definition) is 1. The molecule has 3 rings (SSSR count). The molecule has 2 aromatic carbocycles. The first-order valence-electron chi connectivity index (χ1n) is 11.1. The summed E-state index contributed by atoms with van der Waals surface area (Å²) in [6.07, 6.45) is 1.51. The van der Waals surface area contributed by atoms with Crippen LogP contribution in [0.25, 0.3) is 10.9 Å². The van der Waals surface area contributed by atoms with E-state index in [9.17, 15) is 9.59 Å². The van der Waals surface area contributed by atoms with Gasteiger partial charge in [0.25, 0.3) is 0 Å². The zero-order valence-corrected chi connectivity index (χ0v) is 19.3. The van der Waals surface area contributed by atoms with Gasteiger partial charge in [0.05, 0.1) is 7.11 Å². The maximum atomic E-state index is 12.7. The third kappa shape index (κ3) is 5.13. The summed E-state index contributed by atoms with van der Waals surface area (Å²) in [5, 5.41) is 3.82. The summed E-state index contributed by atoms with van der Waals surface area (Å²) >= 11 is 0. The highest BCUT2D eigenvalue weighted by molar-refractivity contribution is 5.89. The number of benzene rings is 2. The van der Waals surface area contributed by atoms with Crippen LogP contribution in [0.4, 0.5) is 4.79 Å². The lowest BCUT2D eigenvalue weighted by molar-refractivity contribution is -0.143. The quantitative estimate of drug-likeness (QED) is 0.461. The Kier molecular flexibility index (Phi) is 7.92. The summed E-state index contributed by atoms with van der Waals surface area (Å²) in [6.45, 7) is 7.22. The molecule has 170 valence electrons. The average Bonchev–Trinajstić information content (AvgIpc) is 3.10. The topological polar surface area (TPSA) is 69.6 Å². The largest absolute Gasteiger partial charge is 0.467 e. The number of aryl methyl sites for hydroxylation is 1. The molecule has 0 fully saturated rings. The number of rotatable bonds is 9. The molecule has 0 saturated heterocycles. The van der Waals surface area contributed by atoms with E-state index in [1.54, 1.807) is 0 Å². The van der Waals surface area contributed by atoms with E-state index in [-0.39, 0.29) is 12.5 Å². The third-order valence-corrected chi connectivity index (χ3v) is 5.91. The Morgan fingerprint density at radius 3 is 2.44 bits per heavy atom. The third-order valence-electron chi connectivity index (χ3n) is 5.91. The molecule has 2 atom stereocenters. The number of aromatic nitrogens is 1. The van der Waals surface area contributed by atoms with Gasteiger partial charge in [-0.25, -0.2) is 9.59 Å². The minimum Gasteiger partial charge on any atom is -0.467 e. The number of para-hydroxylation sites is 1. The van der Waals surface area contributed by atoms with Crippen LogP contribution in [0.1, 0.15) is 49.4 Å². The van der Waals surface area contributed by atoms with Gasteiger partial charge < -0.3 is 19.4 Å². The van der Waals surface area contributed by atoms with E-state index in [1.165, 1.54) is 7.11 Å². The van der Waals surface area contributed by atoms with Gasteiger partial charge in [-0.2, -0.15) is 0 Å². The van der Waals surface area contributed by atoms with Crippen LogP contribution in [0.5, 0.6) is 0 Å². The highest BCUT2D eigenvalue weighted by Gasteiger charge is 2.32. The highest BCUT2D eigenvalue weighted by Crippen LogP contribution is 2.34. The Balaban J connectivity index is 1.86. The van der Waals surface area contributed by atoms with Crippen molar-refractivity contribution in [3.63, 3.8) is 0 Å². The van der Waals surface area contributed by atoms with Crippen molar-refractivity contribution < 1.29 is 19.1 Å². The van der Waals surface area contributed by atoms with Crippen LogP contribution in [0, 0.1) is 6.92 Å². The Hall–Kier alpha value is -3.28. The van der Waals surface area contributed by atoms with Crippen LogP contribution >= 0.6 is 0 Å². The second kappa shape index (κ2) is 10.8. The molecule has 0 aliphatic carbocycles. The average molecular weight is 437 g/mol. The zero-order chi connectivity index (χ0) is 23.1. The number of unbranched alkanes of at least 4 members (excludes halogenated alkanes) is 1. The van der Waals surface area contributed by atoms with Gasteiger partial charge in [0, 0.05) is 29.1 Å². The molecule has 0 aliphatic rings. The number of hydrogen-bond acceptors (Lipinski definition) is 4. The molecule has 1 N–H and O–H groups in total. The second-order valence-electron chi connectivity index (χ2n) is 8.02. The lowest BCUT2D eigenvalue weighted by Crippen LogP contribution is -2.45. The molecule has 6 heteroatoms. The summed E-state index contributed by atoms with van der Waals surface area (Å²) in [6, 6.07) is 16.7. The Labute approximate surface area is 189 Å². The second-order valence-corrected chi connectivity index (χ2v) is 8.02. The van der Waals surface area contributed by atoms with Gasteiger partial charge in [0.15, 0.2) is 0 Å². The monoisotopic (exact) mass is 436 g/mol. The van der Waals surface area contributed by atoms with Crippen LogP contribution < -0.4 is 5.32 Å². The first-order valence-corrected chi connectivity index (χ1v) is 11.1. The fourth-order valence-electron chi connectivity index (χ4n) is 4.21. The number of nitrogens with one attached hydrogen (secondary N) is 1. The summed E-state index contributed by atoms with van der Waals surface area (Å²) in [5.41, 5.74) is 4.15.